The van der Waals surface area contributed by atoms with Gasteiger partial charge in [0.05, 0.1) is 23.4 Å². The lowest BCUT2D eigenvalue weighted by Crippen LogP contribution is -2.40. The Morgan fingerprint density at radius 1 is 1.22 bits per heavy atom. The second-order valence-electron chi connectivity index (χ2n) is 6.65. The van der Waals surface area contributed by atoms with E-state index in [1.54, 1.807) is 24.5 Å². The zero-order valence-corrected chi connectivity index (χ0v) is 17.6. The Kier molecular flexibility index (Phi) is 6.58. The Morgan fingerprint density at radius 2 is 1.89 bits per heavy atom. The number of hydrogen-bond donors (Lipinski definition) is 1. The number of hydrogen-bond acceptors (Lipinski definition) is 2. The van der Waals surface area contributed by atoms with Crippen molar-refractivity contribution in [3.8, 4) is 0 Å². The fourth-order valence-corrected chi connectivity index (χ4v) is 4.47. The van der Waals surface area contributed by atoms with Crippen LogP contribution in [-0.4, -0.2) is 27.8 Å². The minimum atomic E-state index is -1.06. The SMILES string of the molecule is CC1c2cccc(CNS(C)=O)c2CCN1C(=O)Cc1c(Cl)cccc1Cl. The van der Waals surface area contributed by atoms with E-state index in [1.165, 1.54) is 5.56 Å². The molecule has 1 aliphatic heterocycles. The molecule has 2 unspecified atom stereocenters. The molecule has 0 bridgehead atoms. The molecule has 27 heavy (non-hydrogen) atoms. The third-order valence-electron chi connectivity index (χ3n) is 5.01. The lowest BCUT2D eigenvalue weighted by Gasteiger charge is -2.36. The number of rotatable bonds is 5. The van der Waals surface area contributed by atoms with E-state index in [0.29, 0.717) is 28.7 Å². The van der Waals surface area contributed by atoms with Gasteiger partial charge in [-0.25, -0.2) is 8.93 Å². The van der Waals surface area contributed by atoms with Gasteiger partial charge in [0.1, 0.15) is 0 Å². The molecular weight excluding hydrogens is 403 g/mol. The first-order valence-corrected chi connectivity index (χ1v) is 11.1. The molecule has 0 saturated heterocycles. The Bertz CT molecular complexity index is 868. The van der Waals surface area contributed by atoms with Crippen molar-refractivity contribution in [2.75, 3.05) is 12.8 Å². The number of amides is 1. The van der Waals surface area contributed by atoms with Crippen LogP contribution in [0.2, 0.25) is 10.0 Å². The van der Waals surface area contributed by atoms with Crippen LogP contribution >= 0.6 is 23.2 Å². The van der Waals surface area contributed by atoms with Crippen LogP contribution in [0, 0.1) is 0 Å². The Labute approximate surface area is 172 Å². The summed E-state index contributed by atoms with van der Waals surface area (Å²) in [7, 11) is -1.06. The van der Waals surface area contributed by atoms with E-state index in [2.05, 4.69) is 10.8 Å². The highest BCUT2D eigenvalue weighted by Crippen LogP contribution is 2.33. The van der Waals surface area contributed by atoms with Crippen molar-refractivity contribution in [1.82, 2.24) is 9.62 Å². The third kappa shape index (κ3) is 4.54. The first kappa shape index (κ1) is 20.3. The van der Waals surface area contributed by atoms with Gasteiger partial charge in [-0.15, -0.1) is 0 Å². The number of carbonyl (C=O) groups is 1. The number of benzene rings is 2. The molecule has 4 nitrogen and oxygen atoms in total. The Morgan fingerprint density at radius 3 is 2.56 bits per heavy atom. The number of nitrogens with one attached hydrogen (secondary N) is 1. The van der Waals surface area contributed by atoms with E-state index < -0.39 is 11.0 Å². The van der Waals surface area contributed by atoms with E-state index in [9.17, 15) is 9.00 Å². The summed E-state index contributed by atoms with van der Waals surface area (Å²) in [6, 6.07) is 11.3. The van der Waals surface area contributed by atoms with Crippen LogP contribution in [0.15, 0.2) is 36.4 Å². The summed E-state index contributed by atoms with van der Waals surface area (Å²) >= 11 is 12.4. The van der Waals surface area contributed by atoms with E-state index in [1.807, 2.05) is 24.0 Å². The second kappa shape index (κ2) is 8.74. The van der Waals surface area contributed by atoms with Gasteiger partial charge in [-0.2, -0.15) is 0 Å². The first-order chi connectivity index (χ1) is 12.9. The summed E-state index contributed by atoms with van der Waals surface area (Å²) < 4.78 is 14.3. The average Bonchev–Trinajstić information content (AvgIpc) is 2.63. The lowest BCUT2D eigenvalue weighted by atomic mass is 9.89. The normalized spacial score (nSPS) is 17.5. The predicted molar refractivity (Wildman–Crippen MR) is 111 cm³/mol. The van der Waals surface area contributed by atoms with Gasteiger partial charge in [-0.05, 0) is 47.7 Å². The molecule has 1 amide bonds. The zero-order chi connectivity index (χ0) is 19.6. The molecule has 1 aliphatic rings. The molecule has 2 aromatic rings. The molecular formula is C20H22Cl2N2O2S. The average molecular weight is 425 g/mol. The Hall–Kier alpha value is -1.40. The number of halogens is 2. The Balaban J connectivity index is 1.80. The lowest BCUT2D eigenvalue weighted by molar-refractivity contribution is -0.133. The maximum Gasteiger partial charge on any atom is 0.227 e. The number of nitrogens with zero attached hydrogens (tertiary/aromatic N) is 1. The van der Waals surface area contributed by atoms with E-state index >= 15 is 0 Å². The summed E-state index contributed by atoms with van der Waals surface area (Å²) in [6.07, 6.45) is 2.59. The van der Waals surface area contributed by atoms with Crippen LogP contribution in [0.3, 0.4) is 0 Å². The first-order valence-electron chi connectivity index (χ1n) is 8.78. The molecule has 1 N–H and O–H groups in total. The quantitative estimate of drug-likeness (QED) is 0.786. The largest absolute Gasteiger partial charge is 0.335 e. The monoisotopic (exact) mass is 424 g/mol. The molecule has 3 rings (SSSR count). The summed E-state index contributed by atoms with van der Waals surface area (Å²) in [4.78, 5) is 14.8. The highest BCUT2D eigenvalue weighted by atomic mass is 35.5. The second-order valence-corrected chi connectivity index (χ2v) is 8.66. The van der Waals surface area contributed by atoms with Gasteiger partial charge < -0.3 is 4.90 Å². The van der Waals surface area contributed by atoms with Crippen molar-refractivity contribution >= 4 is 40.1 Å². The van der Waals surface area contributed by atoms with E-state index in [4.69, 9.17) is 23.2 Å². The van der Waals surface area contributed by atoms with Gasteiger partial charge in [0.25, 0.3) is 0 Å². The maximum atomic E-state index is 12.9. The molecule has 0 fully saturated rings. The summed E-state index contributed by atoms with van der Waals surface area (Å²) in [6.45, 7) is 3.24. The van der Waals surface area contributed by atoms with Crippen molar-refractivity contribution in [2.45, 2.75) is 32.4 Å². The molecule has 0 spiro atoms. The van der Waals surface area contributed by atoms with Gasteiger partial charge >= 0.3 is 0 Å². The fraction of sp³-hybridized carbons (Fsp3) is 0.350. The van der Waals surface area contributed by atoms with Crippen molar-refractivity contribution in [1.29, 1.82) is 0 Å². The van der Waals surface area contributed by atoms with Gasteiger partial charge in [-0.1, -0.05) is 47.5 Å². The molecule has 1 heterocycles. The molecule has 144 valence electrons. The van der Waals surface area contributed by atoms with Crippen molar-refractivity contribution in [3.63, 3.8) is 0 Å². The van der Waals surface area contributed by atoms with Crippen LogP contribution < -0.4 is 4.72 Å². The molecule has 2 atom stereocenters. The van der Waals surface area contributed by atoms with Gasteiger partial charge in [0.2, 0.25) is 5.91 Å². The van der Waals surface area contributed by atoms with Crippen molar-refractivity contribution in [2.24, 2.45) is 0 Å². The van der Waals surface area contributed by atoms with Crippen LogP contribution in [0.4, 0.5) is 0 Å². The number of fused-ring (bicyclic) bond motifs is 1. The van der Waals surface area contributed by atoms with Crippen LogP contribution in [0.5, 0.6) is 0 Å². The van der Waals surface area contributed by atoms with Crippen LogP contribution in [-0.2, 0) is 35.2 Å². The zero-order valence-electron chi connectivity index (χ0n) is 15.3. The summed E-state index contributed by atoms with van der Waals surface area (Å²) in [5, 5.41) is 1.03. The van der Waals surface area contributed by atoms with Crippen LogP contribution in [0.1, 0.15) is 35.2 Å². The topological polar surface area (TPSA) is 49.4 Å². The smallest absolute Gasteiger partial charge is 0.227 e. The molecule has 0 aliphatic carbocycles. The third-order valence-corrected chi connectivity index (χ3v) is 6.26. The molecule has 0 saturated carbocycles. The molecule has 0 radical (unpaired) electrons. The molecule has 2 aromatic carbocycles. The van der Waals surface area contributed by atoms with E-state index in [-0.39, 0.29) is 18.4 Å². The van der Waals surface area contributed by atoms with Crippen LogP contribution in [0.25, 0.3) is 0 Å². The van der Waals surface area contributed by atoms with E-state index in [0.717, 1.165) is 17.5 Å². The summed E-state index contributed by atoms with van der Waals surface area (Å²) in [5.41, 5.74) is 4.19. The highest BCUT2D eigenvalue weighted by molar-refractivity contribution is 7.82. The summed E-state index contributed by atoms with van der Waals surface area (Å²) in [5.74, 6) is 0.0151. The fourth-order valence-electron chi connectivity index (χ4n) is 3.58. The van der Waals surface area contributed by atoms with Crippen molar-refractivity contribution < 1.29 is 9.00 Å². The van der Waals surface area contributed by atoms with Gasteiger partial charge in [0, 0.05) is 29.4 Å². The molecule has 0 aromatic heterocycles. The van der Waals surface area contributed by atoms with Crippen molar-refractivity contribution in [3.05, 3.63) is 68.7 Å². The predicted octanol–water partition coefficient (Wildman–Crippen LogP) is 4.06. The maximum absolute atomic E-state index is 12.9. The van der Waals surface area contributed by atoms with Gasteiger partial charge in [-0.3, -0.25) is 4.79 Å². The molecule has 7 heteroatoms. The highest BCUT2D eigenvalue weighted by Gasteiger charge is 2.29. The van der Waals surface area contributed by atoms with Gasteiger partial charge in [0.15, 0.2) is 0 Å². The minimum absolute atomic E-state index is 0.0151. The standard InChI is InChI=1S/C20H22Cl2N2O2S/c1-13-15-6-3-5-14(12-23-27(2)26)16(15)9-10-24(13)20(25)11-17-18(21)7-4-8-19(17)22/h3-8,13,23H,9-12H2,1-2H3. The number of carbonyl (C=O) groups excluding carboxylic acids is 1. The minimum Gasteiger partial charge on any atom is -0.335 e.